The van der Waals surface area contributed by atoms with Crippen molar-refractivity contribution in [2.24, 2.45) is 0 Å². The number of aryl methyl sites for hydroxylation is 2. The van der Waals surface area contributed by atoms with Gasteiger partial charge in [-0.2, -0.15) is 0 Å². The first-order valence-electron chi connectivity index (χ1n) is 7.83. The van der Waals surface area contributed by atoms with E-state index in [9.17, 15) is 4.79 Å². The summed E-state index contributed by atoms with van der Waals surface area (Å²) in [7, 11) is 0. The Morgan fingerprint density at radius 1 is 1.05 bits per heavy atom. The van der Waals surface area contributed by atoms with Crippen LogP contribution < -0.4 is 10.6 Å². The molecule has 0 spiro atoms. The molecule has 2 aromatic rings. The number of amides is 1. The Balaban J connectivity index is 1.78. The maximum atomic E-state index is 11.9. The normalized spacial score (nSPS) is 10.3. The number of carbonyl (C=O) groups is 1. The molecule has 0 aliphatic carbocycles. The Morgan fingerprint density at radius 3 is 2.55 bits per heavy atom. The van der Waals surface area contributed by atoms with Gasteiger partial charge in [-0.3, -0.25) is 4.79 Å². The van der Waals surface area contributed by atoms with Crippen molar-refractivity contribution in [3.63, 3.8) is 0 Å². The van der Waals surface area contributed by atoms with Crippen LogP contribution in [0.2, 0.25) is 0 Å². The number of carbonyl (C=O) groups excluding carboxylic acids is 1. The molecule has 0 atom stereocenters. The third-order valence-electron chi connectivity index (χ3n) is 3.73. The van der Waals surface area contributed by atoms with Crippen molar-refractivity contribution in [2.45, 2.75) is 33.2 Å². The van der Waals surface area contributed by atoms with E-state index >= 15 is 0 Å². The number of hydrogen-bond donors (Lipinski definition) is 2. The highest BCUT2D eigenvalue weighted by Crippen LogP contribution is 2.20. The van der Waals surface area contributed by atoms with Gasteiger partial charge < -0.3 is 10.6 Å². The molecule has 22 heavy (non-hydrogen) atoms. The highest BCUT2D eigenvalue weighted by molar-refractivity contribution is 5.76. The van der Waals surface area contributed by atoms with E-state index in [2.05, 4.69) is 42.7 Å². The summed E-state index contributed by atoms with van der Waals surface area (Å²) < 4.78 is 0. The average Bonchev–Trinajstić information content (AvgIpc) is 2.55. The zero-order valence-electron chi connectivity index (χ0n) is 13.4. The lowest BCUT2D eigenvalue weighted by molar-refractivity contribution is -0.121. The molecule has 0 fully saturated rings. The summed E-state index contributed by atoms with van der Waals surface area (Å²) in [4.78, 5) is 11.9. The van der Waals surface area contributed by atoms with Gasteiger partial charge in [-0.25, -0.2) is 0 Å². The van der Waals surface area contributed by atoms with Crippen molar-refractivity contribution in [3.05, 3.63) is 65.2 Å². The fourth-order valence-electron chi connectivity index (χ4n) is 2.46. The summed E-state index contributed by atoms with van der Waals surface area (Å²) in [6.45, 7) is 5.48. The highest BCUT2D eigenvalue weighted by atomic mass is 16.1. The summed E-state index contributed by atoms with van der Waals surface area (Å²) in [6.07, 6.45) is 1.47. The Hall–Kier alpha value is -2.29. The summed E-state index contributed by atoms with van der Waals surface area (Å²) in [5.74, 6) is 0.0722. The average molecular weight is 296 g/mol. The monoisotopic (exact) mass is 296 g/mol. The van der Waals surface area contributed by atoms with Crippen LogP contribution in [0.1, 0.15) is 30.0 Å². The molecule has 2 rings (SSSR count). The molecule has 0 bridgehead atoms. The van der Waals surface area contributed by atoms with Gasteiger partial charge in [-0.05, 0) is 30.0 Å². The molecule has 0 unspecified atom stereocenters. The van der Waals surface area contributed by atoms with Crippen molar-refractivity contribution >= 4 is 11.6 Å². The van der Waals surface area contributed by atoms with Crippen LogP contribution >= 0.6 is 0 Å². The molecule has 3 heteroatoms. The van der Waals surface area contributed by atoms with Crippen molar-refractivity contribution < 1.29 is 4.79 Å². The zero-order chi connectivity index (χ0) is 15.8. The molecule has 0 saturated heterocycles. The lowest BCUT2D eigenvalue weighted by Gasteiger charge is -2.14. The smallest absolute Gasteiger partial charge is 0.222 e. The SMILES string of the molecule is CCc1cccc(C)c1NCCC(=O)NCc1ccccc1. The molecule has 0 aliphatic rings. The number of rotatable bonds is 7. The molecule has 0 aliphatic heterocycles. The topological polar surface area (TPSA) is 41.1 Å². The zero-order valence-corrected chi connectivity index (χ0v) is 13.4. The van der Waals surface area contributed by atoms with E-state index in [1.165, 1.54) is 16.8 Å². The predicted molar refractivity (Wildman–Crippen MR) is 92.0 cm³/mol. The van der Waals surface area contributed by atoms with E-state index in [1.807, 2.05) is 30.3 Å². The second-order valence-electron chi connectivity index (χ2n) is 5.40. The molecule has 2 N–H and O–H groups in total. The number of para-hydroxylation sites is 1. The van der Waals surface area contributed by atoms with Crippen molar-refractivity contribution in [3.8, 4) is 0 Å². The van der Waals surface area contributed by atoms with Crippen LogP contribution in [0.4, 0.5) is 5.69 Å². The van der Waals surface area contributed by atoms with Gasteiger partial charge in [0, 0.05) is 25.2 Å². The minimum absolute atomic E-state index is 0.0722. The quantitative estimate of drug-likeness (QED) is 0.818. The Kier molecular flexibility index (Phi) is 6.01. The molecule has 0 radical (unpaired) electrons. The predicted octanol–water partition coefficient (Wildman–Crippen LogP) is 3.68. The number of nitrogens with one attached hydrogen (secondary N) is 2. The number of benzene rings is 2. The van der Waals surface area contributed by atoms with Crippen LogP contribution in [0.5, 0.6) is 0 Å². The molecule has 2 aromatic carbocycles. The molecule has 0 aromatic heterocycles. The van der Waals surface area contributed by atoms with Crippen molar-refractivity contribution in [1.29, 1.82) is 0 Å². The van der Waals surface area contributed by atoms with Crippen LogP contribution in [0, 0.1) is 6.92 Å². The Labute approximate surface area is 132 Å². The molecule has 0 saturated carbocycles. The Morgan fingerprint density at radius 2 is 1.82 bits per heavy atom. The Bertz CT molecular complexity index is 608. The third-order valence-corrected chi connectivity index (χ3v) is 3.73. The lowest BCUT2D eigenvalue weighted by Crippen LogP contribution is -2.25. The minimum Gasteiger partial charge on any atom is -0.384 e. The van der Waals surface area contributed by atoms with Crippen molar-refractivity contribution in [2.75, 3.05) is 11.9 Å². The van der Waals surface area contributed by atoms with E-state index in [4.69, 9.17) is 0 Å². The van der Waals surface area contributed by atoms with E-state index in [0.717, 1.165) is 12.0 Å². The molecule has 1 amide bonds. The van der Waals surface area contributed by atoms with Gasteiger partial charge in [-0.1, -0.05) is 55.5 Å². The summed E-state index contributed by atoms with van der Waals surface area (Å²) >= 11 is 0. The van der Waals surface area contributed by atoms with Gasteiger partial charge in [0.15, 0.2) is 0 Å². The van der Waals surface area contributed by atoms with Crippen LogP contribution in [-0.4, -0.2) is 12.5 Å². The molecular weight excluding hydrogens is 272 g/mol. The van der Waals surface area contributed by atoms with Crippen LogP contribution in [0.25, 0.3) is 0 Å². The van der Waals surface area contributed by atoms with Gasteiger partial charge in [0.1, 0.15) is 0 Å². The van der Waals surface area contributed by atoms with Gasteiger partial charge in [0.25, 0.3) is 0 Å². The van der Waals surface area contributed by atoms with Crippen LogP contribution in [0.15, 0.2) is 48.5 Å². The fraction of sp³-hybridized carbons (Fsp3) is 0.316. The molecular formula is C19H24N2O. The van der Waals surface area contributed by atoms with Gasteiger partial charge in [0.05, 0.1) is 0 Å². The van der Waals surface area contributed by atoms with E-state index in [1.54, 1.807) is 0 Å². The second kappa shape index (κ2) is 8.23. The maximum Gasteiger partial charge on any atom is 0.222 e. The second-order valence-corrected chi connectivity index (χ2v) is 5.40. The summed E-state index contributed by atoms with van der Waals surface area (Å²) in [5, 5.41) is 6.35. The first-order valence-corrected chi connectivity index (χ1v) is 7.83. The van der Waals surface area contributed by atoms with E-state index in [0.29, 0.717) is 19.5 Å². The van der Waals surface area contributed by atoms with Crippen LogP contribution in [0.3, 0.4) is 0 Å². The first-order chi connectivity index (χ1) is 10.7. The number of hydrogen-bond acceptors (Lipinski definition) is 2. The molecule has 116 valence electrons. The van der Waals surface area contributed by atoms with E-state index < -0.39 is 0 Å². The maximum absolute atomic E-state index is 11.9. The minimum atomic E-state index is 0.0722. The third kappa shape index (κ3) is 4.62. The van der Waals surface area contributed by atoms with Crippen LogP contribution in [-0.2, 0) is 17.8 Å². The summed E-state index contributed by atoms with van der Waals surface area (Å²) in [5.41, 5.74) is 4.81. The molecule has 0 heterocycles. The molecule has 3 nitrogen and oxygen atoms in total. The van der Waals surface area contributed by atoms with Gasteiger partial charge in [-0.15, -0.1) is 0 Å². The van der Waals surface area contributed by atoms with Crippen molar-refractivity contribution in [1.82, 2.24) is 5.32 Å². The highest BCUT2D eigenvalue weighted by Gasteiger charge is 2.05. The standard InChI is InChI=1S/C19H24N2O/c1-3-17-11-7-8-15(2)19(17)20-13-12-18(22)21-14-16-9-5-4-6-10-16/h4-11,20H,3,12-14H2,1-2H3,(H,21,22). The van der Waals surface area contributed by atoms with Gasteiger partial charge in [0.2, 0.25) is 5.91 Å². The summed E-state index contributed by atoms with van der Waals surface area (Å²) in [6, 6.07) is 16.3. The first kappa shape index (κ1) is 16.1. The lowest BCUT2D eigenvalue weighted by atomic mass is 10.1. The van der Waals surface area contributed by atoms with Gasteiger partial charge >= 0.3 is 0 Å². The fourth-order valence-corrected chi connectivity index (χ4v) is 2.46. The largest absolute Gasteiger partial charge is 0.384 e. The number of anilines is 1. The van der Waals surface area contributed by atoms with E-state index in [-0.39, 0.29) is 5.91 Å².